The zero-order valence-electron chi connectivity index (χ0n) is 17.5. The van der Waals surface area contributed by atoms with E-state index < -0.39 is 0 Å². The number of nitrogens with zero attached hydrogens (tertiary/aromatic N) is 4. The van der Waals surface area contributed by atoms with Crippen molar-refractivity contribution in [3.8, 4) is 0 Å². The molecule has 0 N–H and O–H groups in total. The van der Waals surface area contributed by atoms with E-state index in [1.807, 2.05) is 11.9 Å². The van der Waals surface area contributed by atoms with Crippen molar-refractivity contribution < 1.29 is 18.7 Å². The Hall–Kier alpha value is -2.29. The van der Waals surface area contributed by atoms with E-state index in [-0.39, 0.29) is 17.6 Å². The van der Waals surface area contributed by atoms with Crippen LogP contribution in [0, 0.1) is 5.82 Å². The molecule has 30 heavy (non-hydrogen) atoms. The van der Waals surface area contributed by atoms with Crippen molar-refractivity contribution in [2.75, 3.05) is 72.6 Å². The summed E-state index contributed by atoms with van der Waals surface area (Å²) in [6, 6.07) is 5.85. The summed E-state index contributed by atoms with van der Waals surface area (Å²) in [6.07, 6.45) is 0.726. The van der Waals surface area contributed by atoms with Crippen LogP contribution in [-0.4, -0.2) is 104 Å². The fourth-order valence-electron chi connectivity index (χ4n) is 4.24. The van der Waals surface area contributed by atoms with Gasteiger partial charge in [0.25, 0.3) is 11.8 Å². The normalized spacial score (nSPS) is 21.8. The van der Waals surface area contributed by atoms with Crippen LogP contribution in [0.4, 0.5) is 4.39 Å². The standard InChI is InChI=1S/C22H29FN4O3/c1-24-9-11-26(12-10-24)20-19(17-3-5-18(23)6-4-17)21(28)27(22(20)29)8-2-7-25-13-15-30-16-14-25/h3-6H,2,7-16H2,1H3. The lowest BCUT2D eigenvalue weighted by Crippen LogP contribution is -2.46. The van der Waals surface area contributed by atoms with E-state index in [1.54, 1.807) is 12.1 Å². The maximum absolute atomic E-state index is 13.5. The molecule has 3 heterocycles. The van der Waals surface area contributed by atoms with Crippen LogP contribution in [0.25, 0.3) is 5.57 Å². The average Bonchev–Trinajstić information content (AvgIpc) is 3.00. The fraction of sp³-hybridized carbons (Fsp3) is 0.545. The van der Waals surface area contributed by atoms with Crippen molar-refractivity contribution in [2.24, 2.45) is 0 Å². The Morgan fingerprint density at radius 1 is 0.900 bits per heavy atom. The lowest BCUT2D eigenvalue weighted by Gasteiger charge is -2.34. The van der Waals surface area contributed by atoms with Crippen LogP contribution in [0.2, 0.25) is 0 Å². The third-order valence-electron chi connectivity index (χ3n) is 6.06. The molecule has 7 nitrogen and oxygen atoms in total. The average molecular weight is 416 g/mol. The molecule has 3 aliphatic rings. The first-order chi connectivity index (χ1) is 14.5. The van der Waals surface area contributed by atoms with E-state index in [0.717, 1.165) is 52.4 Å². The van der Waals surface area contributed by atoms with Crippen molar-refractivity contribution in [2.45, 2.75) is 6.42 Å². The molecule has 162 valence electrons. The minimum atomic E-state index is -0.361. The smallest absolute Gasteiger partial charge is 0.277 e. The highest BCUT2D eigenvalue weighted by atomic mass is 19.1. The number of halogens is 1. The maximum atomic E-state index is 13.5. The van der Waals surface area contributed by atoms with E-state index in [2.05, 4.69) is 9.80 Å². The summed E-state index contributed by atoms with van der Waals surface area (Å²) >= 11 is 0. The molecule has 3 aliphatic heterocycles. The van der Waals surface area contributed by atoms with Crippen LogP contribution in [0.15, 0.2) is 30.0 Å². The van der Waals surface area contributed by atoms with Gasteiger partial charge in [0.05, 0.1) is 18.8 Å². The highest BCUT2D eigenvalue weighted by Crippen LogP contribution is 2.32. The first-order valence-electron chi connectivity index (χ1n) is 10.6. The molecule has 2 fully saturated rings. The number of likely N-dealkylation sites (N-methyl/N-ethyl adjacent to an activating group) is 1. The second-order valence-corrected chi connectivity index (χ2v) is 8.09. The third-order valence-corrected chi connectivity index (χ3v) is 6.06. The predicted molar refractivity (Wildman–Crippen MR) is 111 cm³/mol. The molecule has 0 radical (unpaired) electrons. The lowest BCUT2D eigenvalue weighted by molar-refractivity contribution is -0.137. The van der Waals surface area contributed by atoms with Crippen molar-refractivity contribution in [1.29, 1.82) is 0 Å². The van der Waals surface area contributed by atoms with Crippen LogP contribution >= 0.6 is 0 Å². The molecule has 0 atom stereocenters. The lowest BCUT2D eigenvalue weighted by atomic mass is 10.0. The number of hydrogen-bond donors (Lipinski definition) is 0. The molecule has 4 rings (SSSR count). The van der Waals surface area contributed by atoms with E-state index in [1.165, 1.54) is 17.0 Å². The van der Waals surface area contributed by atoms with Gasteiger partial charge in [-0.05, 0) is 31.2 Å². The van der Waals surface area contributed by atoms with Gasteiger partial charge < -0.3 is 14.5 Å². The van der Waals surface area contributed by atoms with Crippen LogP contribution in [0.1, 0.15) is 12.0 Å². The number of carbonyl (C=O) groups excluding carboxylic acids is 2. The Kier molecular flexibility index (Phi) is 6.46. The fourth-order valence-corrected chi connectivity index (χ4v) is 4.24. The highest BCUT2D eigenvalue weighted by molar-refractivity contribution is 6.35. The van der Waals surface area contributed by atoms with E-state index >= 15 is 0 Å². The van der Waals surface area contributed by atoms with Crippen molar-refractivity contribution in [3.63, 3.8) is 0 Å². The molecule has 0 saturated carbocycles. The number of piperazine rings is 1. The Balaban J connectivity index is 1.53. The van der Waals surface area contributed by atoms with Crippen LogP contribution < -0.4 is 0 Å². The van der Waals surface area contributed by atoms with Crippen LogP contribution in [0.5, 0.6) is 0 Å². The second kappa shape index (κ2) is 9.24. The summed E-state index contributed by atoms with van der Waals surface area (Å²) in [7, 11) is 2.05. The van der Waals surface area contributed by atoms with Gasteiger partial charge in [-0.1, -0.05) is 12.1 Å². The summed E-state index contributed by atoms with van der Waals surface area (Å²) in [5.41, 5.74) is 1.46. The van der Waals surface area contributed by atoms with Crippen molar-refractivity contribution in [3.05, 3.63) is 41.3 Å². The quantitative estimate of drug-likeness (QED) is 0.642. The zero-order valence-corrected chi connectivity index (χ0v) is 17.5. The zero-order chi connectivity index (χ0) is 21.1. The SMILES string of the molecule is CN1CCN(C2=C(c3ccc(F)cc3)C(=O)N(CCCN3CCOCC3)C2=O)CC1. The minimum Gasteiger partial charge on any atom is -0.379 e. The molecule has 2 amide bonds. The van der Waals surface area contributed by atoms with Gasteiger partial charge in [0.2, 0.25) is 0 Å². The van der Waals surface area contributed by atoms with Gasteiger partial charge in [0, 0.05) is 52.4 Å². The number of amides is 2. The summed E-state index contributed by atoms with van der Waals surface area (Å²) in [6.45, 7) is 7.48. The van der Waals surface area contributed by atoms with E-state index in [0.29, 0.717) is 36.5 Å². The molecule has 0 bridgehead atoms. The van der Waals surface area contributed by atoms with Gasteiger partial charge in [-0.15, -0.1) is 0 Å². The summed E-state index contributed by atoms with van der Waals surface area (Å²) < 4.78 is 18.8. The molecular weight excluding hydrogens is 387 g/mol. The van der Waals surface area contributed by atoms with Gasteiger partial charge in [-0.3, -0.25) is 19.4 Å². The molecule has 8 heteroatoms. The number of carbonyl (C=O) groups is 2. The first kappa shape index (κ1) is 21.0. The van der Waals surface area contributed by atoms with Crippen molar-refractivity contribution in [1.82, 2.24) is 19.6 Å². The summed E-state index contributed by atoms with van der Waals surface area (Å²) in [5.74, 6) is -0.868. The molecule has 0 spiro atoms. The Morgan fingerprint density at radius 2 is 1.57 bits per heavy atom. The van der Waals surface area contributed by atoms with Gasteiger partial charge in [-0.25, -0.2) is 4.39 Å². The van der Waals surface area contributed by atoms with E-state index in [4.69, 9.17) is 4.74 Å². The number of rotatable bonds is 6. The van der Waals surface area contributed by atoms with Gasteiger partial charge in [0.15, 0.2) is 0 Å². The molecular formula is C22H29FN4O3. The summed E-state index contributed by atoms with van der Waals surface area (Å²) in [4.78, 5) is 34.5. The van der Waals surface area contributed by atoms with Gasteiger partial charge in [0.1, 0.15) is 11.5 Å². The Bertz CT molecular complexity index is 812. The number of hydrogen-bond acceptors (Lipinski definition) is 6. The molecule has 0 aromatic heterocycles. The largest absolute Gasteiger partial charge is 0.379 e. The first-order valence-corrected chi connectivity index (χ1v) is 10.6. The molecule has 0 unspecified atom stereocenters. The number of morpholine rings is 1. The molecule has 0 aliphatic carbocycles. The molecule has 1 aromatic carbocycles. The van der Waals surface area contributed by atoms with Crippen molar-refractivity contribution >= 4 is 17.4 Å². The number of benzene rings is 1. The Labute approximate surface area is 176 Å². The van der Waals surface area contributed by atoms with E-state index in [9.17, 15) is 14.0 Å². The number of imide groups is 1. The second-order valence-electron chi connectivity index (χ2n) is 8.09. The third kappa shape index (κ3) is 4.40. The Morgan fingerprint density at radius 3 is 2.23 bits per heavy atom. The molecule has 1 aromatic rings. The maximum Gasteiger partial charge on any atom is 0.277 e. The highest BCUT2D eigenvalue weighted by Gasteiger charge is 2.41. The number of ether oxygens (including phenoxy) is 1. The monoisotopic (exact) mass is 416 g/mol. The topological polar surface area (TPSA) is 56.3 Å². The van der Waals surface area contributed by atoms with Gasteiger partial charge >= 0.3 is 0 Å². The molecule has 2 saturated heterocycles. The van der Waals surface area contributed by atoms with Crippen LogP contribution in [-0.2, 0) is 14.3 Å². The van der Waals surface area contributed by atoms with Gasteiger partial charge in [-0.2, -0.15) is 0 Å². The predicted octanol–water partition coefficient (Wildman–Crippen LogP) is 0.875. The van der Waals surface area contributed by atoms with Crippen LogP contribution in [0.3, 0.4) is 0 Å². The minimum absolute atomic E-state index is 0.231. The summed E-state index contributed by atoms with van der Waals surface area (Å²) in [5, 5.41) is 0.